The van der Waals surface area contributed by atoms with Crippen LogP contribution in [0.15, 0.2) is 48.5 Å². The van der Waals surface area contributed by atoms with Crippen molar-refractivity contribution in [2.45, 2.75) is 44.4 Å². The third kappa shape index (κ3) is 5.67. The molecular weight excluding hydrogens is 453 g/mol. The van der Waals surface area contributed by atoms with Gasteiger partial charge in [0.1, 0.15) is 12.6 Å². The predicted molar refractivity (Wildman–Crippen MR) is 117 cm³/mol. The van der Waals surface area contributed by atoms with Gasteiger partial charge in [0.2, 0.25) is 6.04 Å². The van der Waals surface area contributed by atoms with Gasteiger partial charge in [0.05, 0.1) is 0 Å². The van der Waals surface area contributed by atoms with E-state index >= 15 is 0 Å². The minimum absolute atomic E-state index is 0.0728. The number of hydrogen-bond donors (Lipinski definition) is 3. The Kier molecular flexibility index (Phi) is 7.48. The number of ether oxygens (including phenoxy) is 1. The molecule has 2 aromatic rings. The summed E-state index contributed by atoms with van der Waals surface area (Å²) in [4.78, 5) is 35.8. The quantitative estimate of drug-likeness (QED) is 0.531. The number of carbonyl (C=O) groups excluding carboxylic acids is 2. The maximum Gasteiger partial charge on any atom is 0.417 e. The molecule has 2 atom stereocenters. The second-order valence-electron chi connectivity index (χ2n) is 8.47. The van der Waals surface area contributed by atoms with Crippen molar-refractivity contribution in [3.05, 3.63) is 59.7 Å². The first kappa shape index (κ1) is 25.1. The van der Waals surface area contributed by atoms with Crippen LogP contribution in [-0.2, 0) is 14.3 Å². The molecule has 10 heteroatoms. The van der Waals surface area contributed by atoms with Crippen molar-refractivity contribution >= 4 is 18.0 Å². The van der Waals surface area contributed by atoms with Gasteiger partial charge in [-0.15, -0.1) is 0 Å². The van der Waals surface area contributed by atoms with Gasteiger partial charge in [0, 0.05) is 5.92 Å². The van der Waals surface area contributed by atoms with Gasteiger partial charge in [0.15, 0.2) is 0 Å². The van der Waals surface area contributed by atoms with E-state index in [1.54, 1.807) is 13.8 Å². The number of alkyl halides is 3. The topological polar surface area (TPSA) is 105 Å². The second-order valence-corrected chi connectivity index (χ2v) is 8.47. The number of hydrogen-bond acceptors (Lipinski definition) is 4. The number of aliphatic carboxylic acids is 1. The molecule has 182 valence electrons. The molecule has 0 aliphatic heterocycles. The highest BCUT2D eigenvalue weighted by Gasteiger charge is 2.47. The summed E-state index contributed by atoms with van der Waals surface area (Å²) >= 11 is 0. The van der Waals surface area contributed by atoms with E-state index in [0.29, 0.717) is 0 Å². The van der Waals surface area contributed by atoms with Gasteiger partial charge in [-0.2, -0.15) is 13.2 Å². The molecule has 34 heavy (non-hydrogen) atoms. The van der Waals surface area contributed by atoms with Crippen molar-refractivity contribution in [2.24, 2.45) is 5.92 Å². The van der Waals surface area contributed by atoms with Crippen LogP contribution in [0.1, 0.15) is 37.3 Å². The molecule has 2 unspecified atom stereocenters. The lowest BCUT2D eigenvalue weighted by atomic mass is 9.98. The van der Waals surface area contributed by atoms with Gasteiger partial charge < -0.3 is 20.5 Å². The van der Waals surface area contributed by atoms with Crippen molar-refractivity contribution in [3.63, 3.8) is 0 Å². The fraction of sp³-hybridized carbons (Fsp3) is 0.375. The Balaban J connectivity index is 1.69. The highest BCUT2D eigenvalue weighted by Crippen LogP contribution is 2.44. The van der Waals surface area contributed by atoms with Crippen LogP contribution in [-0.4, -0.2) is 47.9 Å². The van der Waals surface area contributed by atoms with Crippen LogP contribution < -0.4 is 10.6 Å². The normalized spacial score (nSPS) is 14.6. The zero-order valence-electron chi connectivity index (χ0n) is 18.6. The van der Waals surface area contributed by atoms with E-state index in [2.05, 4.69) is 0 Å². The molecule has 0 radical (unpaired) electrons. The van der Waals surface area contributed by atoms with Crippen molar-refractivity contribution in [3.8, 4) is 11.1 Å². The van der Waals surface area contributed by atoms with E-state index in [-0.39, 0.29) is 24.9 Å². The molecule has 0 spiro atoms. The second kappa shape index (κ2) is 10.1. The molecule has 2 aromatic carbocycles. The summed E-state index contributed by atoms with van der Waals surface area (Å²) in [5.74, 6) is -3.71. The van der Waals surface area contributed by atoms with Crippen molar-refractivity contribution in [1.82, 2.24) is 10.6 Å². The summed E-state index contributed by atoms with van der Waals surface area (Å²) in [6.07, 6.45) is -6.66. The molecule has 3 N–H and O–H groups in total. The van der Waals surface area contributed by atoms with Crippen LogP contribution in [0.5, 0.6) is 0 Å². The van der Waals surface area contributed by atoms with Crippen LogP contribution in [0.25, 0.3) is 11.1 Å². The summed E-state index contributed by atoms with van der Waals surface area (Å²) in [5.41, 5.74) is 3.65. The summed E-state index contributed by atoms with van der Waals surface area (Å²) in [5, 5.41) is 12.6. The minimum Gasteiger partial charge on any atom is -0.480 e. The van der Waals surface area contributed by atoms with Gasteiger partial charge in [-0.1, -0.05) is 62.4 Å². The molecule has 7 nitrogen and oxygen atoms in total. The van der Waals surface area contributed by atoms with Crippen molar-refractivity contribution in [1.29, 1.82) is 0 Å². The lowest BCUT2D eigenvalue weighted by Gasteiger charge is -2.24. The predicted octanol–water partition coefficient (Wildman–Crippen LogP) is 4.07. The number of benzene rings is 2. The third-order valence-electron chi connectivity index (χ3n) is 5.52. The number of nitrogens with one attached hydrogen (secondary N) is 2. The summed E-state index contributed by atoms with van der Waals surface area (Å²) in [7, 11) is 0. The molecule has 0 saturated heterocycles. The molecule has 3 rings (SSSR count). The zero-order valence-corrected chi connectivity index (χ0v) is 18.6. The Morgan fingerprint density at radius 2 is 1.50 bits per heavy atom. The molecule has 1 aliphatic carbocycles. The number of halogens is 3. The Bertz CT molecular complexity index is 1030. The number of fused-ring (bicyclic) bond motifs is 3. The number of carboxylic acids is 1. The van der Waals surface area contributed by atoms with Crippen molar-refractivity contribution in [2.75, 3.05) is 6.61 Å². The van der Waals surface area contributed by atoms with E-state index in [4.69, 9.17) is 4.74 Å². The average Bonchev–Trinajstić information content (AvgIpc) is 3.08. The molecule has 0 fully saturated rings. The maximum absolute atomic E-state index is 13.5. The highest BCUT2D eigenvalue weighted by atomic mass is 19.4. The number of amides is 2. The lowest BCUT2D eigenvalue weighted by Crippen LogP contribution is -2.58. The molecule has 1 aliphatic rings. The highest BCUT2D eigenvalue weighted by molar-refractivity contribution is 5.90. The van der Waals surface area contributed by atoms with E-state index in [9.17, 15) is 32.7 Å². The first-order valence-corrected chi connectivity index (χ1v) is 10.7. The summed E-state index contributed by atoms with van der Waals surface area (Å²) in [6, 6.07) is 10.4. The number of carboxylic acid groups (broad SMARTS) is 1. The van der Waals surface area contributed by atoms with Crippen LogP contribution >= 0.6 is 0 Å². The lowest BCUT2D eigenvalue weighted by molar-refractivity contribution is -0.169. The molecule has 2 amide bonds. The average molecular weight is 478 g/mol. The largest absolute Gasteiger partial charge is 0.480 e. The zero-order chi connectivity index (χ0) is 25.0. The van der Waals surface area contributed by atoms with Crippen molar-refractivity contribution < 1.29 is 37.4 Å². The molecule has 0 bridgehead atoms. The van der Waals surface area contributed by atoms with Gasteiger partial charge in [0.25, 0.3) is 5.91 Å². The summed E-state index contributed by atoms with van der Waals surface area (Å²) in [6.45, 7) is 3.09. The van der Waals surface area contributed by atoms with E-state index in [0.717, 1.165) is 22.3 Å². The van der Waals surface area contributed by atoms with Gasteiger partial charge >= 0.3 is 18.2 Å². The number of alkyl carbamates (subject to hydrolysis) is 1. The fourth-order valence-corrected chi connectivity index (χ4v) is 4.00. The minimum atomic E-state index is -5.16. The first-order valence-electron chi connectivity index (χ1n) is 10.7. The van der Waals surface area contributed by atoms with Crippen LogP contribution in [0.3, 0.4) is 0 Å². The van der Waals surface area contributed by atoms with Gasteiger partial charge in [-0.05, 0) is 34.6 Å². The van der Waals surface area contributed by atoms with E-state index in [1.165, 1.54) is 5.32 Å². The molecule has 0 saturated carbocycles. The maximum atomic E-state index is 13.5. The standard InChI is InChI=1S/C24H25F3N2O5/c1-13(2)11-19(22(31)32)28-21(30)20(24(25,26)27)29-23(33)34-12-18-16-9-5-3-7-14(16)15-8-4-6-10-17(15)18/h3-10,13,18-20H,11-12H2,1-2H3,(H,28,30)(H,29,33)(H,31,32). The monoisotopic (exact) mass is 478 g/mol. The van der Waals surface area contributed by atoms with E-state index in [1.807, 2.05) is 53.8 Å². The smallest absolute Gasteiger partial charge is 0.417 e. The van der Waals surface area contributed by atoms with Crippen LogP contribution in [0, 0.1) is 5.92 Å². The Morgan fingerprint density at radius 3 is 1.97 bits per heavy atom. The number of rotatable bonds is 8. The van der Waals surface area contributed by atoms with E-state index < -0.39 is 36.2 Å². The third-order valence-corrected chi connectivity index (χ3v) is 5.52. The van der Waals surface area contributed by atoms with Gasteiger partial charge in [-0.25, -0.2) is 9.59 Å². The SMILES string of the molecule is CC(C)CC(NC(=O)C(NC(=O)OCC1c2ccccc2-c2ccccc21)C(F)(F)F)C(=O)O. The Labute approximate surface area is 194 Å². The molecular formula is C24H25F3N2O5. The van der Waals surface area contributed by atoms with Crippen LogP contribution in [0.4, 0.5) is 18.0 Å². The molecule has 0 heterocycles. The van der Waals surface area contributed by atoms with Crippen LogP contribution in [0.2, 0.25) is 0 Å². The fourth-order valence-electron chi connectivity index (χ4n) is 4.00. The Morgan fingerprint density at radius 1 is 0.971 bits per heavy atom. The number of carbonyl (C=O) groups is 3. The van der Waals surface area contributed by atoms with Gasteiger partial charge in [-0.3, -0.25) is 4.79 Å². The Hall–Kier alpha value is -3.56. The summed E-state index contributed by atoms with van der Waals surface area (Å²) < 4.78 is 45.6. The molecule has 0 aromatic heterocycles. The first-order chi connectivity index (χ1) is 16.0.